The normalized spacial score (nSPS) is 16.4. The van der Waals surface area contributed by atoms with E-state index in [4.69, 9.17) is 16.3 Å². The second-order valence-electron chi connectivity index (χ2n) is 6.64. The van der Waals surface area contributed by atoms with Crippen LogP contribution in [0.1, 0.15) is 29.0 Å². The van der Waals surface area contributed by atoms with E-state index in [0.717, 1.165) is 31.8 Å². The summed E-state index contributed by atoms with van der Waals surface area (Å²) in [5.41, 5.74) is 1.19. The topological polar surface area (TPSA) is 93.4 Å². The van der Waals surface area contributed by atoms with E-state index < -0.39 is 0 Å². The first-order valence-electron chi connectivity index (χ1n) is 9.29. The predicted molar refractivity (Wildman–Crippen MR) is 106 cm³/mol. The molecule has 1 amide bonds. The van der Waals surface area contributed by atoms with Gasteiger partial charge in [-0.05, 0) is 43.2 Å². The number of ether oxygens (including phenoxy) is 1. The van der Waals surface area contributed by atoms with Crippen LogP contribution in [0.15, 0.2) is 36.4 Å². The zero-order valence-electron chi connectivity index (χ0n) is 15.3. The van der Waals surface area contributed by atoms with Gasteiger partial charge in [0.25, 0.3) is 5.91 Å². The lowest BCUT2D eigenvalue weighted by Crippen LogP contribution is -2.26. The molecule has 1 atom stereocenters. The lowest BCUT2D eigenvalue weighted by atomic mass is 10.2. The summed E-state index contributed by atoms with van der Waals surface area (Å²) in [6, 6.07) is 10.6. The van der Waals surface area contributed by atoms with Crippen LogP contribution < -0.4 is 10.6 Å². The van der Waals surface area contributed by atoms with Gasteiger partial charge in [-0.15, -0.1) is 15.3 Å². The molecule has 0 radical (unpaired) electrons. The molecular formula is C19H21ClN6O2. The first-order valence-corrected chi connectivity index (χ1v) is 9.67. The van der Waals surface area contributed by atoms with E-state index in [-0.39, 0.29) is 12.0 Å². The minimum absolute atomic E-state index is 0.178. The summed E-state index contributed by atoms with van der Waals surface area (Å²) < 4.78 is 7.32. The molecule has 28 heavy (non-hydrogen) atoms. The highest BCUT2D eigenvalue weighted by Crippen LogP contribution is 2.14. The van der Waals surface area contributed by atoms with Crippen LogP contribution in [-0.4, -0.2) is 51.5 Å². The molecule has 0 spiro atoms. The molecule has 1 saturated heterocycles. The average molecular weight is 401 g/mol. The number of hydrogen-bond donors (Lipinski definition) is 2. The maximum Gasteiger partial charge on any atom is 0.251 e. The van der Waals surface area contributed by atoms with Gasteiger partial charge in [-0.1, -0.05) is 17.7 Å². The van der Waals surface area contributed by atoms with Gasteiger partial charge in [0.15, 0.2) is 11.5 Å². The number of halogens is 1. The third-order valence-electron chi connectivity index (χ3n) is 4.58. The molecule has 1 fully saturated rings. The van der Waals surface area contributed by atoms with Gasteiger partial charge in [0, 0.05) is 36.7 Å². The minimum atomic E-state index is -0.178. The Morgan fingerprint density at radius 3 is 3.04 bits per heavy atom. The van der Waals surface area contributed by atoms with Gasteiger partial charge in [0.2, 0.25) is 0 Å². The maximum atomic E-state index is 12.2. The largest absolute Gasteiger partial charge is 0.376 e. The molecule has 0 saturated carbocycles. The van der Waals surface area contributed by atoms with Crippen LogP contribution in [0.3, 0.4) is 0 Å². The van der Waals surface area contributed by atoms with Crippen molar-refractivity contribution >= 4 is 29.0 Å². The monoisotopic (exact) mass is 400 g/mol. The average Bonchev–Trinajstić information content (AvgIpc) is 3.36. The van der Waals surface area contributed by atoms with Gasteiger partial charge in [-0.2, -0.15) is 4.52 Å². The first kappa shape index (κ1) is 18.6. The summed E-state index contributed by atoms with van der Waals surface area (Å²) >= 11 is 5.93. The molecule has 1 aliphatic rings. The van der Waals surface area contributed by atoms with Crippen molar-refractivity contribution in [2.45, 2.75) is 25.4 Å². The molecule has 0 bridgehead atoms. The van der Waals surface area contributed by atoms with E-state index in [1.54, 1.807) is 28.8 Å². The molecule has 4 rings (SSSR count). The van der Waals surface area contributed by atoms with Crippen LogP contribution in [0.4, 0.5) is 5.82 Å². The Morgan fingerprint density at radius 2 is 2.21 bits per heavy atom. The third-order valence-corrected chi connectivity index (χ3v) is 4.82. The maximum absolute atomic E-state index is 12.2. The fourth-order valence-corrected chi connectivity index (χ4v) is 3.32. The third kappa shape index (κ3) is 4.40. The molecule has 1 unspecified atom stereocenters. The number of amides is 1. The Morgan fingerprint density at radius 1 is 1.29 bits per heavy atom. The first-order chi connectivity index (χ1) is 13.7. The molecule has 0 aliphatic carbocycles. The predicted octanol–water partition coefficient (Wildman–Crippen LogP) is 2.34. The van der Waals surface area contributed by atoms with Crippen molar-refractivity contribution in [2.75, 3.05) is 25.0 Å². The molecule has 3 aromatic rings. The van der Waals surface area contributed by atoms with Crippen molar-refractivity contribution in [3.05, 3.63) is 52.8 Å². The second-order valence-corrected chi connectivity index (χ2v) is 7.07. The van der Waals surface area contributed by atoms with E-state index >= 15 is 0 Å². The molecule has 1 aromatic carbocycles. The van der Waals surface area contributed by atoms with E-state index in [0.29, 0.717) is 35.0 Å². The van der Waals surface area contributed by atoms with Crippen molar-refractivity contribution in [3.8, 4) is 0 Å². The van der Waals surface area contributed by atoms with Gasteiger partial charge in [0.1, 0.15) is 5.82 Å². The number of aromatic nitrogens is 4. The summed E-state index contributed by atoms with van der Waals surface area (Å²) in [7, 11) is 0. The quantitative estimate of drug-likeness (QED) is 0.632. The summed E-state index contributed by atoms with van der Waals surface area (Å²) in [4.78, 5) is 12.2. The second kappa shape index (κ2) is 8.53. The Labute approximate surface area is 167 Å². The fraction of sp³-hybridized carbons (Fsp3) is 0.368. The van der Waals surface area contributed by atoms with Gasteiger partial charge >= 0.3 is 0 Å². The molecule has 146 valence electrons. The number of fused-ring (bicyclic) bond motifs is 1. The number of carbonyl (C=O) groups excluding carboxylic acids is 1. The Hall–Kier alpha value is -2.71. The Balaban J connectivity index is 1.36. The van der Waals surface area contributed by atoms with E-state index in [9.17, 15) is 4.79 Å². The standard InChI is InChI=1S/C19H21ClN6O2/c20-14-4-1-3-13(11-14)19(27)21-9-8-18-24-23-17-7-6-16(25-26(17)18)22-12-15-5-2-10-28-15/h1,3-4,6-7,11,15H,2,5,8-10,12H2,(H,21,27)(H,22,25). The highest BCUT2D eigenvalue weighted by molar-refractivity contribution is 6.30. The van der Waals surface area contributed by atoms with Crippen LogP contribution in [0, 0.1) is 0 Å². The molecule has 1 aliphatic heterocycles. The van der Waals surface area contributed by atoms with E-state index in [1.807, 2.05) is 12.1 Å². The van der Waals surface area contributed by atoms with Gasteiger partial charge < -0.3 is 15.4 Å². The smallest absolute Gasteiger partial charge is 0.251 e. The van der Waals surface area contributed by atoms with Crippen LogP contribution in [0.25, 0.3) is 5.65 Å². The highest BCUT2D eigenvalue weighted by Gasteiger charge is 2.15. The van der Waals surface area contributed by atoms with Gasteiger partial charge in [0.05, 0.1) is 6.10 Å². The fourth-order valence-electron chi connectivity index (χ4n) is 3.13. The summed E-state index contributed by atoms with van der Waals surface area (Å²) in [5.74, 6) is 1.25. The molecule has 9 heteroatoms. The van der Waals surface area contributed by atoms with Crippen molar-refractivity contribution < 1.29 is 9.53 Å². The zero-order valence-corrected chi connectivity index (χ0v) is 16.0. The van der Waals surface area contributed by atoms with E-state index in [2.05, 4.69) is 25.9 Å². The number of nitrogens with zero attached hydrogens (tertiary/aromatic N) is 4. The minimum Gasteiger partial charge on any atom is -0.376 e. The number of hydrogen-bond acceptors (Lipinski definition) is 6. The molecule has 2 aromatic heterocycles. The summed E-state index contributed by atoms with van der Waals surface area (Å²) in [6.07, 6.45) is 2.92. The van der Waals surface area contributed by atoms with Crippen molar-refractivity contribution in [2.24, 2.45) is 0 Å². The molecule has 2 N–H and O–H groups in total. The van der Waals surface area contributed by atoms with Crippen molar-refractivity contribution in [3.63, 3.8) is 0 Å². The summed E-state index contributed by atoms with van der Waals surface area (Å²) in [6.45, 7) is 1.97. The number of anilines is 1. The molecule has 8 nitrogen and oxygen atoms in total. The van der Waals surface area contributed by atoms with Gasteiger partial charge in [-0.25, -0.2) is 0 Å². The summed E-state index contributed by atoms with van der Waals surface area (Å²) in [5, 5.41) is 19.6. The zero-order chi connectivity index (χ0) is 19.3. The number of rotatable bonds is 7. The Kier molecular flexibility index (Phi) is 5.68. The molecular weight excluding hydrogens is 380 g/mol. The lowest BCUT2D eigenvalue weighted by molar-refractivity contribution is 0.0954. The number of carbonyl (C=O) groups is 1. The van der Waals surface area contributed by atoms with Crippen LogP contribution >= 0.6 is 11.6 Å². The Bertz CT molecular complexity index is 970. The number of benzene rings is 1. The van der Waals surface area contributed by atoms with Crippen molar-refractivity contribution in [1.29, 1.82) is 0 Å². The van der Waals surface area contributed by atoms with E-state index in [1.165, 1.54) is 0 Å². The SMILES string of the molecule is O=C(NCCc1nnc2ccc(NCC3CCCO3)nn12)c1cccc(Cl)c1. The number of nitrogens with one attached hydrogen (secondary N) is 2. The van der Waals surface area contributed by atoms with Crippen LogP contribution in [-0.2, 0) is 11.2 Å². The van der Waals surface area contributed by atoms with Crippen LogP contribution in [0.2, 0.25) is 5.02 Å². The highest BCUT2D eigenvalue weighted by atomic mass is 35.5. The van der Waals surface area contributed by atoms with Gasteiger partial charge in [-0.3, -0.25) is 4.79 Å². The van der Waals surface area contributed by atoms with Crippen molar-refractivity contribution in [1.82, 2.24) is 25.1 Å². The lowest BCUT2D eigenvalue weighted by Gasteiger charge is -2.11. The molecule has 3 heterocycles. The van der Waals surface area contributed by atoms with Crippen LogP contribution in [0.5, 0.6) is 0 Å².